The highest BCUT2D eigenvalue weighted by atomic mass is 35.5. The van der Waals surface area contributed by atoms with Crippen LogP contribution in [0.25, 0.3) is 5.69 Å². The molecule has 0 unspecified atom stereocenters. The van der Waals surface area contributed by atoms with Crippen molar-refractivity contribution in [3.8, 4) is 5.69 Å². The number of halogens is 1. The molecule has 9 nitrogen and oxygen atoms in total. The molecular weight excluding hydrogens is 562 g/mol. The summed E-state index contributed by atoms with van der Waals surface area (Å²) in [5.41, 5.74) is 2.15. The number of nitrogens with one attached hydrogen (secondary N) is 1. The molecule has 2 heterocycles. The van der Waals surface area contributed by atoms with E-state index in [1.807, 2.05) is 30.3 Å². The molecule has 4 aromatic rings. The maximum atomic E-state index is 13.8. The van der Waals surface area contributed by atoms with Crippen LogP contribution >= 0.6 is 11.6 Å². The molecule has 1 amide bonds. The van der Waals surface area contributed by atoms with E-state index in [0.717, 1.165) is 35.9 Å². The van der Waals surface area contributed by atoms with Crippen LogP contribution < -0.4 is 20.1 Å². The van der Waals surface area contributed by atoms with Crippen molar-refractivity contribution in [2.45, 2.75) is 31.1 Å². The van der Waals surface area contributed by atoms with Crippen molar-refractivity contribution in [3.05, 3.63) is 99.4 Å². The molecule has 0 saturated carbocycles. The molecule has 1 aromatic heterocycles. The van der Waals surface area contributed by atoms with Crippen LogP contribution in [0.3, 0.4) is 0 Å². The molecule has 1 aliphatic heterocycles. The van der Waals surface area contributed by atoms with Gasteiger partial charge in [-0.2, -0.15) is 0 Å². The fourth-order valence-electron chi connectivity index (χ4n) is 5.21. The summed E-state index contributed by atoms with van der Waals surface area (Å²) >= 11 is 6.40. The number of amides is 1. The third kappa shape index (κ3) is 5.37. The van der Waals surface area contributed by atoms with Gasteiger partial charge in [0.25, 0.3) is 21.5 Å². The number of carbonyl (C=O) groups is 1. The number of benzene rings is 3. The molecule has 3 aromatic carbocycles. The SMILES string of the molecule is Cc1c(N(C)S(=O)(=O)c2ccc(Cl)c(C(=O)Nc3ccccc3N3CCCCC3)c2)c(=O)n(-c2ccccc2)n1C. The van der Waals surface area contributed by atoms with E-state index in [1.165, 1.54) is 36.3 Å². The van der Waals surface area contributed by atoms with Crippen LogP contribution in [0, 0.1) is 6.92 Å². The molecule has 0 spiro atoms. The number of anilines is 3. The van der Waals surface area contributed by atoms with Gasteiger partial charge in [-0.05, 0) is 68.7 Å². The molecule has 1 saturated heterocycles. The summed E-state index contributed by atoms with van der Waals surface area (Å²) in [6.07, 6.45) is 3.34. The number of carbonyl (C=O) groups excluding carboxylic acids is 1. The first-order valence-corrected chi connectivity index (χ1v) is 15.2. The Bertz CT molecular complexity index is 1760. The van der Waals surface area contributed by atoms with Crippen LogP contribution in [0.2, 0.25) is 5.02 Å². The maximum Gasteiger partial charge on any atom is 0.296 e. The molecular formula is C30H32ClN5O4S. The van der Waals surface area contributed by atoms with Crippen molar-refractivity contribution in [1.82, 2.24) is 9.36 Å². The first-order chi connectivity index (χ1) is 19.6. The number of hydrogen-bond acceptors (Lipinski definition) is 5. The number of sulfonamides is 1. The van der Waals surface area contributed by atoms with Crippen LogP contribution in [0.4, 0.5) is 17.1 Å². The molecule has 0 atom stereocenters. The monoisotopic (exact) mass is 593 g/mol. The average Bonchev–Trinajstić information content (AvgIpc) is 3.20. The zero-order chi connectivity index (χ0) is 29.3. The Morgan fingerprint density at radius 2 is 1.61 bits per heavy atom. The van der Waals surface area contributed by atoms with Crippen molar-refractivity contribution in [1.29, 1.82) is 0 Å². The van der Waals surface area contributed by atoms with E-state index in [2.05, 4.69) is 10.2 Å². The van der Waals surface area contributed by atoms with E-state index in [4.69, 9.17) is 11.6 Å². The van der Waals surface area contributed by atoms with Crippen LogP contribution in [0.1, 0.15) is 35.3 Å². The molecule has 5 rings (SSSR count). The van der Waals surface area contributed by atoms with Gasteiger partial charge in [0.2, 0.25) is 0 Å². The van der Waals surface area contributed by atoms with E-state index in [-0.39, 0.29) is 21.2 Å². The molecule has 1 fully saturated rings. The van der Waals surface area contributed by atoms with Gasteiger partial charge in [0, 0.05) is 27.2 Å². The second kappa shape index (κ2) is 11.5. The highest BCUT2D eigenvalue weighted by Gasteiger charge is 2.30. The van der Waals surface area contributed by atoms with Gasteiger partial charge in [-0.1, -0.05) is 41.9 Å². The van der Waals surface area contributed by atoms with E-state index in [1.54, 1.807) is 42.9 Å². The number of piperidine rings is 1. The first-order valence-electron chi connectivity index (χ1n) is 13.4. The average molecular weight is 594 g/mol. The lowest BCUT2D eigenvalue weighted by Gasteiger charge is -2.30. The Morgan fingerprint density at radius 1 is 0.951 bits per heavy atom. The van der Waals surface area contributed by atoms with Gasteiger partial charge < -0.3 is 10.2 Å². The second-order valence-electron chi connectivity index (χ2n) is 10.0. The minimum absolute atomic E-state index is 0.00719. The molecule has 0 radical (unpaired) electrons. The predicted molar refractivity (Wildman–Crippen MR) is 163 cm³/mol. The lowest BCUT2D eigenvalue weighted by Crippen LogP contribution is -2.32. The van der Waals surface area contributed by atoms with E-state index < -0.39 is 21.5 Å². The third-order valence-electron chi connectivity index (χ3n) is 7.53. The van der Waals surface area contributed by atoms with Gasteiger partial charge in [0.05, 0.1) is 38.2 Å². The van der Waals surface area contributed by atoms with Crippen molar-refractivity contribution in [2.24, 2.45) is 7.05 Å². The van der Waals surface area contributed by atoms with Crippen LogP contribution in [-0.2, 0) is 17.1 Å². The normalized spacial score (nSPS) is 13.7. The largest absolute Gasteiger partial charge is 0.370 e. The molecule has 1 N–H and O–H groups in total. The molecule has 41 heavy (non-hydrogen) atoms. The quantitative estimate of drug-likeness (QED) is 0.317. The molecule has 11 heteroatoms. The second-order valence-corrected chi connectivity index (χ2v) is 12.4. The van der Waals surface area contributed by atoms with Gasteiger partial charge >= 0.3 is 0 Å². The van der Waals surface area contributed by atoms with E-state index in [0.29, 0.717) is 17.1 Å². The number of rotatable bonds is 7. The minimum atomic E-state index is -4.23. The number of nitrogens with zero attached hydrogens (tertiary/aromatic N) is 4. The Balaban J connectivity index is 1.47. The van der Waals surface area contributed by atoms with Gasteiger partial charge in [0.15, 0.2) is 0 Å². The van der Waals surface area contributed by atoms with Gasteiger partial charge in [-0.3, -0.25) is 18.6 Å². The highest BCUT2D eigenvalue weighted by Crippen LogP contribution is 2.31. The summed E-state index contributed by atoms with van der Waals surface area (Å²) in [6.45, 7) is 3.49. The fourth-order valence-corrected chi connectivity index (χ4v) is 6.69. The Morgan fingerprint density at radius 3 is 2.32 bits per heavy atom. The summed E-state index contributed by atoms with van der Waals surface area (Å²) in [5, 5.41) is 3.03. The van der Waals surface area contributed by atoms with Crippen molar-refractivity contribution < 1.29 is 13.2 Å². The minimum Gasteiger partial charge on any atom is -0.370 e. The van der Waals surface area contributed by atoms with Crippen LogP contribution in [0.5, 0.6) is 0 Å². The first kappa shape index (κ1) is 28.5. The number of aromatic nitrogens is 2. The zero-order valence-electron chi connectivity index (χ0n) is 23.2. The predicted octanol–water partition coefficient (Wildman–Crippen LogP) is 5.21. The van der Waals surface area contributed by atoms with Crippen molar-refractivity contribution >= 4 is 44.6 Å². The summed E-state index contributed by atoms with van der Waals surface area (Å²) < 4.78 is 31.6. The standard InChI is InChI=1S/C30H32ClN5O4S/c1-21-28(30(38)36(33(21)2)22-12-6-4-7-13-22)34(3)41(39,40)23-16-17-25(31)24(20-23)29(37)32-26-14-8-9-15-27(26)35-18-10-5-11-19-35/h4,6-9,12-17,20H,5,10-11,18-19H2,1-3H3,(H,32,37). The topological polar surface area (TPSA) is 96.7 Å². The van der Waals surface area contributed by atoms with E-state index >= 15 is 0 Å². The number of hydrogen-bond donors (Lipinski definition) is 1. The molecule has 214 valence electrons. The van der Waals surface area contributed by atoms with E-state index in [9.17, 15) is 18.0 Å². The summed E-state index contributed by atoms with van der Waals surface area (Å²) in [4.78, 5) is 29.0. The van der Waals surface area contributed by atoms with Crippen molar-refractivity contribution in [3.63, 3.8) is 0 Å². The van der Waals surface area contributed by atoms with Gasteiger partial charge in [-0.25, -0.2) is 13.1 Å². The van der Waals surface area contributed by atoms with Crippen LogP contribution in [-0.4, -0.2) is 43.8 Å². The zero-order valence-corrected chi connectivity index (χ0v) is 24.7. The smallest absolute Gasteiger partial charge is 0.296 e. The van der Waals surface area contributed by atoms with Gasteiger partial charge in [0.1, 0.15) is 5.69 Å². The lowest BCUT2D eigenvalue weighted by atomic mass is 10.1. The molecule has 0 bridgehead atoms. The van der Waals surface area contributed by atoms with Crippen molar-refractivity contribution in [2.75, 3.05) is 34.7 Å². The Hall–Kier alpha value is -4.02. The molecule has 0 aliphatic carbocycles. The maximum absolute atomic E-state index is 13.8. The summed E-state index contributed by atoms with van der Waals surface area (Å²) in [7, 11) is -1.21. The highest BCUT2D eigenvalue weighted by molar-refractivity contribution is 7.92. The summed E-state index contributed by atoms with van der Waals surface area (Å²) in [6, 6.07) is 20.5. The number of para-hydroxylation sites is 3. The molecule has 1 aliphatic rings. The fraction of sp³-hybridized carbons (Fsp3) is 0.267. The Kier molecular flexibility index (Phi) is 7.97. The third-order valence-corrected chi connectivity index (χ3v) is 9.61. The van der Waals surface area contributed by atoms with Gasteiger partial charge in [-0.15, -0.1) is 0 Å². The van der Waals surface area contributed by atoms with Crippen LogP contribution in [0.15, 0.2) is 82.5 Å². The Labute approximate surface area is 244 Å². The summed E-state index contributed by atoms with van der Waals surface area (Å²) in [5.74, 6) is -0.526. The lowest BCUT2D eigenvalue weighted by molar-refractivity contribution is 0.102.